The van der Waals surface area contributed by atoms with E-state index in [-0.39, 0.29) is 40.8 Å². The zero-order chi connectivity index (χ0) is 17.3. The molecule has 1 N–H and O–H groups in total. The molecule has 1 unspecified atom stereocenters. The molecule has 1 amide bonds. The van der Waals surface area contributed by atoms with Crippen molar-refractivity contribution < 1.29 is 21.6 Å². The van der Waals surface area contributed by atoms with Crippen molar-refractivity contribution >= 4 is 37.1 Å². The van der Waals surface area contributed by atoms with Gasteiger partial charge in [-0.2, -0.15) is 0 Å². The molecule has 2 rings (SSSR count). The molecular weight excluding hydrogens is 360 g/mol. The molecule has 1 saturated heterocycles. The summed E-state index contributed by atoms with van der Waals surface area (Å²) in [5, 5.41) is 0. The summed E-state index contributed by atoms with van der Waals surface area (Å²) < 4.78 is 50.0. The Balaban J connectivity index is 1.96. The van der Waals surface area contributed by atoms with Gasteiger partial charge in [-0.15, -0.1) is 11.3 Å². The zero-order valence-electron chi connectivity index (χ0n) is 13.0. The van der Waals surface area contributed by atoms with Gasteiger partial charge >= 0.3 is 0 Å². The van der Waals surface area contributed by atoms with Crippen LogP contribution in [0.15, 0.2) is 16.3 Å². The van der Waals surface area contributed by atoms with E-state index < -0.39 is 19.9 Å². The maximum absolute atomic E-state index is 12.1. The lowest BCUT2D eigenvalue weighted by atomic mass is 10.2. The molecule has 1 aromatic heterocycles. The minimum Gasteiger partial charge on any atom is -0.338 e. The van der Waals surface area contributed by atoms with Gasteiger partial charge in [-0.25, -0.2) is 21.6 Å². The van der Waals surface area contributed by atoms with Gasteiger partial charge in [-0.05, 0) is 25.5 Å². The number of sulfone groups is 1. The summed E-state index contributed by atoms with van der Waals surface area (Å²) >= 11 is 1.17. The van der Waals surface area contributed by atoms with E-state index in [0.717, 1.165) is 4.88 Å². The number of aryl methyl sites for hydroxylation is 1. The first kappa shape index (κ1) is 18.4. The summed E-state index contributed by atoms with van der Waals surface area (Å²) in [5.74, 6) is -0.233. The number of carbonyl (C=O) groups is 1. The molecule has 10 heteroatoms. The zero-order valence-corrected chi connectivity index (χ0v) is 15.4. The average Bonchev–Trinajstić information content (AvgIpc) is 3.00. The number of carbonyl (C=O) groups excluding carboxylic acids is 1. The molecular formula is C13H20N2O5S3. The maximum Gasteiger partial charge on any atom is 0.250 e. The van der Waals surface area contributed by atoms with Gasteiger partial charge in [-0.1, -0.05) is 0 Å². The molecule has 1 aromatic rings. The van der Waals surface area contributed by atoms with E-state index in [1.54, 1.807) is 6.07 Å². The lowest BCUT2D eigenvalue weighted by Crippen LogP contribution is -2.44. The van der Waals surface area contributed by atoms with Crippen LogP contribution in [-0.2, 0) is 24.7 Å². The number of amides is 1. The van der Waals surface area contributed by atoms with Gasteiger partial charge in [0.15, 0.2) is 9.84 Å². The summed E-state index contributed by atoms with van der Waals surface area (Å²) in [7, 11) is -6.69. The van der Waals surface area contributed by atoms with Gasteiger partial charge in [0.25, 0.3) is 0 Å². The molecule has 1 aliphatic heterocycles. The SMILES string of the molecule is CC(=O)N(CCNS(=O)(=O)c1ccc(C)s1)C1CCS(=O)(=O)C1. The van der Waals surface area contributed by atoms with Crippen LogP contribution in [0.5, 0.6) is 0 Å². The van der Waals surface area contributed by atoms with Crippen molar-refractivity contribution in [2.45, 2.75) is 30.5 Å². The second kappa shape index (κ2) is 6.88. The second-order valence-electron chi connectivity index (χ2n) is 5.53. The van der Waals surface area contributed by atoms with Crippen molar-refractivity contribution in [2.75, 3.05) is 24.6 Å². The van der Waals surface area contributed by atoms with Gasteiger partial charge in [0, 0.05) is 30.9 Å². The summed E-state index contributed by atoms with van der Waals surface area (Å²) in [6.07, 6.45) is 0.402. The predicted molar refractivity (Wildman–Crippen MR) is 88.7 cm³/mol. The third-order valence-corrected chi connectivity index (χ3v) is 8.38. The standard InChI is InChI=1S/C13H20N2O5S3/c1-10-3-4-13(21-10)23(19,20)14-6-7-15(11(2)16)12-5-8-22(17,18)9-12/h3-4,12,14H,5-9H2,1-2H3. The van der Waals surface area contributed by atoms with E-state index in [1.165, 1.54) is 29.2 Å². The Kier molecular flexibility index (Phi) is 5.49. The molecule has 1 atom stereocenters. The summed E-state index contributed by atoms with van der Waals surface area (Å²) in [5.41, 5.74) is 0. The fourth-order valence-corrected chi connectivity index (χ4v) is 6.63. The molecule has 1 aliphatic rings. The Labute approximate surface area is 140 Å². The van der Waals surface area contributed by atoms with Crippen molar-refractivity contribution in [3.63, 3.8) is 0 Å². The fourth-order valence-electron chi connectivity index (χ4n) is 2.55. The smallest absolute Gasteiger partial charge is 0.250 e. The summed E-state index contributed by atoms with van der Waals surface area (Å²) in [4.78, 5) is 14.1. The fraction of sp³-hybridized carbons (Fsp3) is 0.615. The van der Waals surface area contributed by atoms with Crippen molar-refractivity contribution in [3.05, 3.63) is 17.0 Å². The highest BCUT2D eigenvalue weighted by atomic mass is 32.2. The Morgan fingerprint density at radius 3 is 2.61 bits per heavy atom. The maximum atomic E-state index is 12.1. The largest absolute Gasteiger partial charge is 0.338 e. The van der Waals surface area contributed by atoms with Crippen molar-refractivity contribution in [1.82, 2.24) is 9.62 Å². The minimum atomic E-state index is -3.59. The lowest BCUT2D eigenvalue weighted by molar-refractivity contribution is -0.130. The molecule has 1 fully saturated rings. The first-order chi connectivity index (χ1) is 10.6. The number of rotatable bonds is 6. The quantitative estimate of drug-likeness (QED) is 0.768. The van der Waals surface area contributed by atoms with E-state index in [9.17, 15) is 21.6 Å². The number of nitrogens with zero attached hydrogens (tertiary/aromatic N) is 1. The molecule has 7 nitrogen and oxygen atoms in total. The van der Waals surface area contributed by atoms with Gasteiger partial charge in [0.05, 0.1) is 11.5 Å². The van der Waals surface area contributed by atoms with Gasteiger partial charge in [0.2, 0.25) is 15.9 Å². The summed E-state index contributed by atoms with van der Waals surface area (Å²) in [6, 6.07) is 2.89. The monoisotopic (exact) mass is 380 g/mol. The number of hydrogen-bond donors (Lipinski definition) is 1. The Morgan fingerprint density at radius 2 is 2.13 bits per heavy atom. The van der Waals surface area contributed by atoms with E-state index >= 15 is 0 Å². The normalized spacial score (nSPS) is 20.5. The van der Waals surface area contributed by atoms with Crippen molar-refractivity contribution in [2.24, 2.45) is 0 Å². The number of sulfonamides is 1. The number of hydrogen-bond acceptors (Lipinski definition) is 6. The van der Waals surface area contributed by atoms with Crippen LogP contribution in [0.4, 0.5) is 0 Å². The molecule has 0 saturated carbocycles. The molecule has 2 heterocycles. The van der Waals surface area contributed by atoms with Gasteiger partial charge < -0.3 is 4.90 Å². The van der Waals surface area contributed by atoms with Crippen LogP contribution in [0.25, 0.3) is 0 Å². The Morgan fingerprint density at radius 1 is 1.43 bits per heavy atom. The molecule has 0 aliphatic carbocycles. The predicted octanol–water partition coefficient (Wildman–Crippen LogP) is 0.370. The first-order valence-corrected chi connectivity index (χ1v) is 11.3. The van der Waals surface area contributed by atoms with Crippen LogP contribution < -0.4 is 4.72 Å². The van der Waals surface area contributed by atoms with Crippen molar-refractivity contribution in [1.29, 1.82) is 0 Å². The first-order valence-electron chi connectivity index (χ1n) is 7.14. The molecule has 23 heavy (non-hydrogen) atoms. The van der Waals surface area contributed by atoms with E-state index in [1.807, 2.05) is 6.92 Å². The lowest BCUT2D eigenvalue weighted by Gasteiger charge is -2.27. The average molecular weight is 381 g/mol. The van der Waals surface area contributed by atoms with Crippen molar-refractivity contribution in [3.8, 4) is 0 Å². The van der Waals surface area contributed by atoms with Crippen LogP contribution in [0.1, 0.15) is 18.2 Å². The molecule has 0 bridgehead atoms. The van der Waals surface area contributed by atoms with Gasteiger partial charge in [0.1, 0.15) is 4.21 Å². The highest BCUT2D eigenvalue weighted by Gasteiger charge is 2.33. The Hall–Kier alpha value is -0.970. The molecule has 0 aromatic carbocycles. The van der Waals surface area contributed by atoms with E-state index in [4.69, 9.17) is 0 Å². The van der Waals surface area contributed by atoms with Crippen LogP contribution >= 0.6 is 11.3 Å². The molecule has 0 spiro atoms. The third-order valence-electron chi connectivity index (χ3n) is 3.68. The topological polar surface area (TPSA) is 101 Å². The number of nitrogens with one attached hydrogen (secondary N) is 1. The van der Waals surface area contributed by atoms with Crippen LogP contribution in [0.2, 0.25) is 0 Å². The number of thiophene rings is 1. The Bertz CT molecular complexity index is 782. The van der Waals surface area contributed by atoms with Crippen LogP contribution in [-0.4, -0.2) is 58.3 Å². The molecule has 0 radical (unpaired) electrons. The third kappa shape index (κ3) is 4.75. The van der Waals surface area contributed by atoms with E-state index in [0.29, 0.717) is 6.42 Å². The minimum absolute atomic E-state index is 0.0510. The van der Waals surface area contributed by atoms with Gasteiger partial charge in [-0.3, -0.25) is 4.79 Å². The molecule has 130 valence electrons. The van der Waals surface area contributed by atoms with Crippen LogP contribution in [0, 0.1) is 6.92 Å². The second-order valence-corrected chi connectivity index (χ2v) is 11.0. The van der Waals surface area contributed by atoms with Crippen LogP contribution in [0.3, 0.4) is 0 Å². The summed E-state index contributed by atoms with van der Waals surface area (Å²) in [6.45, 7) is 3.39. The highest BCUT2D eigenvalue weighted by molar-refractivity contribution is 7.92. The highest BCUT2D eigenvalue weighted by Crippen LogP contribution is 2.20. The van der Waals surface area contributed by atoms with E-state index in [2.05, 4.69) is 4.72 Å².